The maximum Gasteiger partial charge on any atom is 1.00 e. The van der Waals surface area contributed by atoms with E-state index in [9.17, 15) is 30.0 Å². The van der Waals surface area contributed by atoms with Crippen LogP contribution in [0.5, 0.6) is 11.5 Å². The molecule has 10 heteroatoms. The van der Waals surface area contributed by atoms with Gasteiger partial charge in [-0.3, -0.25) is 0 Å². The molecule has 2 aromatic carbocycles. The molecular weight excluding hydrogens is 338 g/mol. The van der Waals surface area contributed by atoms with E-state index in [0.29, 0.717) is 0 Å². The summed E-state index contributed by atoms with van der Waals surface area (Å²) in [6.45, 7) is 0. The molecular formula is C14H8N2Na2O6. The summed E-state index contributed by atoms with van der Waals surface area (Å²) < 4.78 is 0. The first-order valence-corrected chi connectivity index (χ1v) is 5.89. The van der Waals surface area contributed by atoms with Gasteiger partial charge in [-0.25, -0.2) is 0 Å². The van der Waals surface area contributed by atoms with Crippen LogP contribution in [0, 0.1) is 0 Å². The molecule has 0 saturated carbocycles. The molecule has 0 atom stereocenters. The van der Waals surface area contributed by atoms with Crippen molar-refractivity contribution in [1.82, 2.24) is 0 Å². The molecule has 0 aromatic heterocycles. The number of hydrogen-bond acceptors (Lipinski definition) is 8. The summed E-state index contributed by atoms with van der Waals surface area (Å²) in [6.07, 6.45) is 0. The van der Waals surface area contributed by atoms with Crippen molar-refractivity contribution in [2.24, 2.45) is 10.2 Å². The molecule has 0 radical (unpaired) electrons. The van der Waals surface area contributed by atoms with E-state index < -0.39 is 34.6 Å². The molecule has 0 heterocycles. The van der Waals surface area contributed by atoms with Crippen LogP contribution < -0.4 is 69.3 Å². The summed E-state index contributed by atoms with van der Waals surface area (Å²) in [5, 5.41) is 47.6. The molecule has 0 aliphatic heterocycles. The van der Waals surface area contributed by atoms with E-state index in [0.717, 1.165) is 24.3 Å². The van der Waals surface area contributed by atoms with Crippen molar-refractivity contribution in [3.8, 4) is 11.5 Å². The molecule has 2 N–H and O–H groups in total. The van der Waals surface area contributed by atoms with Gasteiger partial charge >= 0.3 is 59.1 Å². The van der Waals surface area contributed by atoms with Crippen LogP contribution in [0.3, 0.4) is 0 Å². The minimum Gasteiger partial charge on any atom is -0.545 e. The molecule has 0 fully saturated rings. The molecule has 112 valence electrons. The summed E-state index contributed by atoms with van der Waals surface area (Å²) in [6, 6.07) is 6.95. The van der Waals surface area contributed by atoms with Crippen LogP contribution in [0.2, 0.25) is 0 Å². The number of phenols is 2. The fraction of sp³-hybridized carbons (Fsp3) is 0. The van der Waals surface area contributed by atoms with E-state index in [2.05, 4.69) is 10.2 Å². The molecule has 0 saturated heterocycles. The summed E-state index contributed by atoms with van der Waals surface area (Å²) in [4.78, 5) is 21.5. The first-order valence-electron chi connectivity index (χ1n) is 5.89. The van der Waals surface area contributed by atoms with Crippen LogP contribution in [-0.4, -0.2) is 22.2 Å². The van der Waals surface area contributed by atoms with Crippen LogP contribution in [0.4, 0.5) is 11.4 Å². The third kappa shape index (κ3) is 5.59. The van der Waals surface area contributed by atoms with Gasteiger partial charge in [0.15, 0.2) is 0 Å². The van der Waals surface area contributed by atoms with Crippen molar-refractivity contribution < 1.29 is 89.1 Å². The van der Waals surface area contributed by atoms with E-state index in [4.69, 9.17) is 0 Å². The third-order valence-corrected chi connectivity index (χ3v) is 2.68. The Balaban J connectivity index is 0.00000264. The van der Waals surface area contributed by atoms with Gasteiger partial charge in [0.25, 0.3) is 0 Å². The number of carboxylic acids is 2. The Morgan fingerprint density at radius 1 is 0.750 bits per heavy atom. The molecule has 24 heavy (non-hydrogen) atoms. The summed E-state index contributed by atoms with van der Waals surface area (Å²) >= 11 is 0. The number of nitrogens with zero attached hydrogens (tertiary/aromatic N) is 2. The predicted molar refractivity (Wildman–Crippen MR) is 69.1 cm³/mol. The Bertz CT molecular complexity index is 729. The van der Waals surface area contributed by atoms with Crippen molar-refractivity contribution in [2.45, 2.75) is 0 Å². The first kappa shape index (κ1) is 22.6. The standard InChI is InChI=1S/C14H10N2O6.2Na/c17-11-3-1-7(5-9(11)13(19)20)15-16-8-2-4-12(18)10(6-8)14(21)22;;/h1-6,17-18H,(H,19,20)(H,21,22);;/q;2*+1/p-2/b16-15+;;. The van der Waals surface area contributed by atoms with Crippen molar-refractivity contribution in [3.05, 3.63) is 47.5 Å². The first-order chi connectivity index (χ1) is 10.4. The zero-order valence-corrected chi connectivity index (χ0v) is 16.9. The molecule has 0 bridgehead atoms. The number of rotatable bonds is 4. The maximum absolute atomic E-state index is 10.8. The minimum atomic E-state index is -1.57. The van der Waals surface area contributed by atoms with E-state index in [-0.39, 0.29) is 70.5 Å². The average Bonchev–Trinajstić information content (AvgIpc) is 2.47. The van der Waals surface area contributed by atoms with Gasteiger partial charge in [0.05, 0.1) is 23.3 Å². The van der Waals surface area contributed by atoms with E-state index in [1.807, 2.05) is 0 Å². The number of carboxylic acid groups (broad SMARTS) is 2. The fourth-order valence-electron chi connectivity index (χ4n) is 1.61. The van der Waals surface area contributed by atoms with E-state index in [1.165, 1.54) is 12.1 Å². The van der Waals surface area contributed by atoms with Crippen LogP contribution in [0.1, 0.15) is 20.7 Å². The molecule has 2 rings (SSSR count). The van der Waals surface area contributed by atoms with Crippen molar-refractivity contribution in [3.63, 3.8) is 0 Å². The Kier molecular flexibility index (Phi) is 9.20. The van der Waals surface area contributed by atoms with Gasteiger partial charge in [-0.2, -0.15) is 10.2 Å². The van der Waals surface area contributed by atoms with Crippen LogP contribution in [0.25, 0.3) is 0 Å². The Hall–Kier alpha value is -1.42. The average molecular weight is 346 g/mol. The van der Waals surface area contributed by atoms with E-state index in [1.54, 1.807) is 0 Å². The molecule has 2 aromatic rings. The molecule has 0 aliphatic rings. The van der Waals surface area contributed by atoms with Gasteiger partial charge in [-0.1, -0.05) is 0 Å². The van der Waals surface area contributed by atoms with Crippen molar-refractivity contribution in [2.75, 3.05) is 0 Å². The molecule has 0 aliphatic carbocycles. The minimum absolute atomic E-state index is 0. The third-order valence-electron chi connectivity index (χ3n) is 2.68. The Morgan fingerprint density at radius 2 is 1.08 bits per heavy atom. The number of aromatic hydroxyl groups is 2. The number of azo groups is 1. The number of carbonyl (C=O) groups excluding carboxylic acids is 2. The van der Waals surface area contributed by atoms with Crippen LogP contribution in [-0.2, 0) is 0 Å². The van der Waals surface area contributed by atoms with Crippen molar-refractivity contribution in [1.29, 1.82) is 0 Å². The zero-order chi connectivity index (χ0) is 16.3. The van der Waals surface area contributed by atoms with Crippen LogP contribution in [0.15, 0.2) is 46.6 Å². The summed E-state index contributed by atoms with van der Waals surface area (Å²) in [5.74, 6) is -4.08. The fourth-order valence-corrected chi connectivity index (χ4v) is 1.61. The topological polar surface area (TPSA) is 145 Å². The number of hydrogen-bond donors (Lipinski definition) is 2. The summed E-state index contributed by atoms with van der Waals surface area (Å²) in [7, 11) is 0. The smallest absolute Gasteiger partial charge is 0.545 e. The van der Waals surface area contributed by atoms with Gasteiger partial charge < -0.3 is 30.0 Å². The largest absolute Gasteiger partial charge is 1.00 e. The molecule has 8 nitrogen and oxygen atoms in total. The van der Waals surface area contributed by atoms with Crippen molar-refractivity contribution >= 4 is 23.3 Å². The van der Waals surface area contributed by atoms with Gasteiger partial charge in [-0.05, 0) is 36.4 Å². The quantitative estimate of drug-likeness (QED) is 0.417. The molecule has 0 spiro atoms. The van der Waals surface area contributed by atoms with Crippen LogP contribution >= 0.6 is 0 Å². The zero-order valence-electron chi connectivity index (χ0n) is 12.9. The Labute approximate surface area is 180 Å². The second-order valence-corrected chi connectivity index (χ2v) is 4.18. The maximum atomic E-state index is 10.8. The van der Waals surface area contributed by atoms with Gasteiger partial charge in [0.2, 0.25) is 0 Å². The van der Waals surface area contributed by atoms with Gasteiger partial charge in [0, 0.05) is 11.1 Å². The normalized spacial score (nSPS) is 9.83. The monoisotopic (exact) mass is 346 g/mol. The Morgan fingerprint density at radius 3 is 1.38 bits per heavy atom. The van der Waals surface area contributed by atoms with E-state index >= 15 is 0 Å². The number of carbonyl (C=O) groups is 2. The number of benzene rings is 2. The van der Waals surface area contributed by atoms with Gasteiger partial charge in [0.1, 0.15) is 11.5 Å². The second-order valence-electron chi connectivity index (χ2n) is 4.18. The molecule has 0 amide bonds. The number of aromatic carboxylic acids is 2. The summed E-state index contributed by atoms with van der Waals surface area (Å²) in [5.41, 5.74) is -0.671. The van der Waals surface area contributed by atoms with Gasteiger partial charge in [-0.15, -0.1) is 0 Å². The predicted octanol–water partition coefficient (Wildman–Crippen LogP) is -5.75. The SMILES string of the molecule is O=C([O-])c1cc(/N=N/c2ccc(O)c(C(=O)[O-])c2)ccc1O.[Na+].[Na+]. The second kappa shape index (κ2) is 9.77. The molecule has 0 unspecified atom stereocenters.